The summed E-state index contributed by atoms with van der Waals surface area (Å²) in [7, 11) is 0. The van der Waals surface area contributed by atoms with Gasteiger partial charge >= 0.3 is 0 Å². The fraction of sp³-hybridized carbons (Fsp3) is 0.174. The molecule has 0 aliphatic carbocycles. The smallest absolute Gasteiger partial charge is 0.192 e. The topological polar surface area (TPSA) is 61.1 Å². The van der Waals surface area contributed by atoms with E-state index in [0.717, 1.165) is 44.8 Å². The average molecular weight is 416 g/mol. The van der Waals surface area contributed by atoms with Gasteiger partial charge in [0, 0.05) is 23.7 Å². The van der Waals surface area contributed by atoms with Crippen LogP contribution in [-0.4, -0.2) is 24.1 Å². The molecule has 0 fully saturated rings. The predicted octanol–water partition coefficient (Wildman–Crippen LogP) is 5.14. The molecule has 0 saturated carbocycles. The first-order valence-electron chi connectivity index (χ1n) is 9.76. The van der Waals surface area contributed by atoms with Crippen molar-refractivity contribution in [2.75, 3.05) is 0 Å². The molecule has 0 atom stereocenters. The molecule has 0 aliphatic rings. The second-order valence-corrected chi connectivity index (χ2v) is 8.17. The Morgan fingerprint density at radius 3 is 2.63 bits per heavy atom. The van der Waals surface area contributed by atoms with Crippen LogP contribution in [0.3, 0.4) is 0 Å². The summed E-state index contributed by atoms with van der Waals surface area (Å²) < 4.78 is 9.78. The lowest BCUT2D eigenvalue weighted by molar-refractivity contribution is 0.485. The highest BCUT2D eigenvalue weighted by Gasteiger charge is 2.17. The Labute approximate surface area is 178 Å². The first-order valence-corrected chi connectivity index (χ1v) is 10.7. The van der Waals surface area contributed by atoms with Crippen LogP contribution in [0.1, 0.15) is 22.6 Å². The number of furan rings is 1. The molecule has 0 aliphatic heterocycles. The highest BCUT2D eigenvalue weighted by Crippen LogP contribution is 2.29. The standard InChI is InChI=1S/C23H21N5OS/c1-16-7-3-4-10-20(16)22-25-26-23(28(22)14-19-9-6-12-29-19)30-15-18-13-27-11-5-8-17(2)21(27)24-18/h3-13H,14-15H2,1-2H3. The Hall–Kier alpha value is -3.32. The molecule has 1 aromatic carbocycles. The van der Waals surface area contributed by atoms with Gasteiger partial charge in [0.1, 0.15) is 11.4 Å². The molecule has 0 unspecified atom stereocenters. The Balaban J connectivity index is 1.48. The summed E-state index contributed by atoms with van der Waals surface area (Å²) in [6.07, 6.45) is 5.79. The van der Waals surface area contributed by atoms with Gasteiger partial charge in [0.15, 0.2) is 11.0 Å². The number of fused-ring (bicyclic) bond motifs is 1. The second kappa shape index (κ2) is 7.84. The molecule has 0 spiro atoms. The zero-order chi connectivity index (χ0) is 20.5. The van der Waals surface area contributed by atoms with Gasteiger partial charge in [0.05, 0.1) is 18.5 Å². The van der Waals surface area contributed by atoms with Crippen molar-refractivity contribution in [3.8, 4) is 11.4 Å². The number of hydrogen-bond donors (Lipinski definition) is 0. The Kier molecular flexibility index (Phi) is 4.88. The quantitative estimate of drug-likeness (QED) is 0.359. The molecule has 0 radical (unpaired) electrons. The van der Waals surface area contributed by atoms with E-state index >= 15 is 0 Å². The first-order chi connectivity index (χ1) is 14.7. The van der Waals surface area contributed by atoms with Crippen LogP contribution in [0.4, 0.5) is 0 Å². The second-order valence-electron chi connectivity index (χ2n) is 7.23. The molecule has 0 N–H and O–H groups in total. The predicted molar refractivity (Wildman–Crippen MR) is 117 cm³/mol. The molecule has 0 amide bonds. The van der Waals surface area contributed by atoms with Crippen molar-refractivity contribution < 1.29 is 4.42 Å². The largest absolute Gasteiger partial charge is 0.467 e. The minimum atomic E-state index is 0.580. The van der Waals surface area contributed by atoms with Gasteiger partial charge in [-0.1, -0.05) is 42.1 Å². The van der Waals surface area contributed by atoms with Crippen molar-refractivity contribution in [3.63, 3.8) is 0 Å². The summed E-state index contributed by atoms with van der Waals surface area (Å²) in [4.78, 5) is 4.78. The number of nitrogens with zero attached hydrogens (tertiary/aromatic N) is 5. The summed E-state index contributed by atoms with van der Waals surface area (Å²) in [5.74, 6) is 2.43. The maximum Gasteiger partial charge on any atom is 0.192 e. The molecule has 6 nitrogen and oxygen atoms in total. The normalized spacial score (nSPS) is 11.4. The van der Waals surface area contributed by atoms with Gasteiger partial charge in [0.2, 0.25) is 0 Å². The minimum absolute atomic E-state index is 0.580. The van der Waals surface area contributed by atoms with Gasteiger partial charge in [-0.15, -0.1) is 10.2 Å². The maximum atomic E-state index is 5.60. The van der Waals surface area contributed by atoms with Gasteiger partial charge in [0.25, 0.3) is 0 Å². The van der Waals surface area contributed by atoms with Gasteiger partial charge in [-0.2, -0.15) is 0 Å². The van der Waals surface area contributed by atoms with Crippen molar-refractivity contribution in [1.29, 1.82) is 0 Å². The molecule has 0 saturated heterocycles. The van der Waals surface area contributed by atoms with Crippen LogP contribution < -0.4 is 0 Å². The van der Waals surface area contributed by atoms with Crippen molar-refractivity contribution in [2.45, 2.75) is 31.3 Å². The van der Waals surface area contributed by atoms with E-state index in [1.54, 1.807) is 18.0 Å². The lowest BCUT2D eigenvalue weighted by Gasteiger charge is -2.10. The van der Waals surface area contributed by atoms with E-state index in [0.29, 0.717) is 12.3 Å². The first kappa shape index (κ1) is 18.7. The third-order valence-electron chi connectivity index (χ3n) is 5.07. The lowest BCUT2D eigenvalue weighted by Crippen LogP contribution is -2.04. The fourth-order valence-electron chi connectivity index (χ4n) is 3.53. The van der Waals surface area contributed by atoms with Gasteiger partial charge < -0.3 is 8.82 Å². The van der Waals surface area contributed by atoms with Gasteiger partial charge in [-0.05, 0) is 43.2 Å². The number of pyridine rings is 1. The molecule has 30 heavy (non-hydrogen) atoms. The zero-order valence-corrected chi connectivity index (χ0v) is 17.6. The number of rotatable bonds is 6. The Morgan fingerprint density at radius 2 is 1.83 bits per heavy atom. The number of imidazole rings is 1. The van der Waals surface area contributed by atoms with E-state index in [2.05, 4.69) is 57.4 Å². The molecule has 5 aromatic rings. The number of aromatic nitrogens is 5. The van der Waals surface area contributed by atoms with Crippen molar-refractivity contribution >= 4 is 17.4 Å². The molecule has 5 rings (SSSR count). The van der Waals surface area contributed by atoms with Crippen molar-refractivity contribution in [1.82, 2.24) is 24.1 Å². The third kappa shape index (κ3) is 3.52. The van der Waals surface area contributed by atoms with Gasteiger partial charge in [-0.25, -0.2) is 4.98 Å². The van der Waals surface area contributed by atoms with Crippen LogP contribution in [0.5, 0.6) is 0 Å². The van der Waals surface area contributed by atoms with E-state index < -0.39 is 0 Å². The fourth-order valence-corrected chi connectivity index (χ4v) is 4.35. The summed E-state index contributed by atoms with van der Waals surface area (Å²) in [5, 5.41) is 9.87. The minimum Gasteiger partial charge on any atom is -0.467 e. The Morgan fingerprint density at radius 1 is 0.967 bits per heavy atom. The number of hydrogen-bond acceptors (Lipinski definition) is 5. The highest BCUT2D eigenvalue weighted by molar-refractivity contribution is 7.98. The monoisotopic (exact) mass is 415 g/mol. The molecule has 4 heterocycles. The van der Waals surface area contributed by atoms with Crippen LogP contribution in [0.2, 0.25) is 0 Å². The molecule has 150 valence electrons. The van der Waals surface area contributed by atoms with Gasteiger partial charge in [-0.3, -0.25) is 4.57 Å². The maximum absolute atomic E-state index is 5.60. The molecule has 7 heteroatoms. The molecule has 0 bridgehead atoms. The summed E-state index contributed by atoms with van der Waals surface area (Å²) >= 11 is 1.64. The van der Waals surface area contributed by atoms with Crippen LogP contribution in [-0.2, 0) is 12.3 Å². The highest BCUT2D eigenvalue weighted by atomic mass is 32.2. The summed E-state index contributed by atoms with van der Waals surface area (Å²) in [5.41, 5.74) is 5.41. The number of aryl methyl sites for hydroxylation is 2. The van der Waals surface area contributed by atoms with E-state index in [9.17, 15) is 0 Å². The summed E-state index contributed by atoms with van der Waals surface area (Å²) in [6.45, 7) is 4.75. The molecule has 4 aromatic heterocycles. The van der Waals surface area contributed by atoms with Crippen molar-refractivity contribution in [2.24, 2.45) is 0 Å². The summed E-state index contributed by atoms with van der Waals surface area (Å²) in [6, 6.07) is 16.2. The van der Waals surface area contributed by atoms with Crippen molar-refractivity contribution in [3.05, 3.63) is 89.8 Å². The molecular formula is C23H21N5OS. The van der Waals surface area contributed by atoms with Crippen LogP contribution >= 0.6 is 11.8 Å². The lowest BCUT2D eigenvalue weighted by atomic mass is 10.1. The molecular weight excluding hydrogens is 394 g/mol. The Bertz CT molecular complexity index is 1300. The van der Waals surface area contributed by atoms with Crippen LogP contribution in [0, 0.1) is 13.8 Å². The number of thioether (sulfide) groups is 1. The van der Waals surface area contributed by atoms with E-state index in [1.807, 2.05) is 36.5 Å². The number of benzene rings is 1. The van der Waals surface area contributed by atoms with E-state index in [4.69, 9.17) is 9.40 Å². The van der Waals surface area contributed by atoms with E-state index in [-0.39, 0.29) is 0 Å². The SMILES string of the molecule is Cc1ccccc1-c1nnc(SCc2cn3cccc(C)c3n2)n1Cc1ccco1. The van der Waals surface area contributed by atoms with Crippen LogP contribution in [0.15, 0.2) is 76.8 Å². The van der Waals surface area contributed by atoms with Crippen LogP contribution in [0.25, 0.3) is 17.0 Å². The zero-order valence-electron chi connectivity index (χ0n) is 16.8. The third-order valence-corrected chi connectivity index (χ3v) is 6.07. The van der Waals surface area contributed by atoms with E-state index in [1.165, 1.54) is 0 Å². The average Bonchev–Trinajstić information content (AvgIpc) is 3.48.